The predicted octanol–water partition coefficient (Wildman–Crippen LogP) is 4.04. The van der Waals surface area contributed by atoms with Gasteiger partial charge in [0.15, 0.2) is 0 Å². The summed E-state index contributed by atoms with van der Waals surface area (Å²) in [7, 11) is 0. The maximum atomic E-state index is 12.5. The Bertz CT molecular complexity index is 525. The van der Waals surface area contributed by atoms with Gasteiger partial charge in [-0.1, -0.05) is 18.2 Å². The van der Waals surface area contributed by atoms with E-state index in [1.165, 1.54) is 6.07 Å². The summed E-state index contributed by atoms with van der Waals surface area (Å²) in [4.78, 5) is 11.7. The summed E-state index contributed by atoms with van der Waals surface area (Å²) in [6, 6.07) is 4.82. The molecule has 4 nitrogen and oxygen atoms in total. The Kier molecular flexibility index (Phi) is 6.34. The van der Waals surface area contributed by atoms with Crippen LogP contribution in [0.4, 0.5) is 13.6 Å². The van der Waals surface area contributed by atoms with Crippen molar-refractivity contribution in [1.29, 1.82) is 0 Å². The van der Waals surface area contributed by atoms with E-state index in [9.17, 15) is 13.6 Å². The van der Waals surface area contributed by atoms with Crippen molar-refractivity contribution in [3.63, 3.8) is 0 Å². The molecule has 1 aromatic carbocycles. The SMILES string of the molecule is C=CCc1cccc(OC(F)F)c1CNC(=O)OC(C)(C)C. The Morgan fingerprint density at radius 1 is 1.41 bits per heavy atom. The molecule has 0 fully saturated rings. The van der Waals surface area contributed by atoms with Crippen molar-refractivity contribution < 1.29 is 23.0 Å². The van der Waals surface area contributed by atoms with E-state index < -0.39 is 18.3 Å². The summed E-state index contributed by atoms with van der Waals surface area (Å²) in [5, 5.41) is 2.55. The molecule has 0 saturated heterocycles. The second-order valence-corrected chi connectivity index (χ2v) is 5.62. The van der Waals surface area contributed by atoms with Crippen LogP contribution in [0, 0.1) is 0 Å². The molecule has 0 bridgehead atoms. The Hall–Kier alpha value is -2.11. The molecule has 1 aromatic rings. The van der Waals surface area contributed by atoms with Gasteiger partial charge in [-0.2, -0.15) is 8.78 Å². The minimum Gasteiger partial charge on any atom is -0.444 e. The van der Waals surface area contributed by atoms with Gasteiger partial charge in [0.1, 0.15) is 11.4 Å². The molecule has 22 heavy (non-hydrogen) atoms. The van der Waals surface area contributed by atoms with Crippen molar-refractivity contribution in [2.24, 2.45) is 0 Å². The van der Waals surface area contributed by atoms with Crippen LogP contribution in [0.2, 0.25) is 0 Å². The number of hydrogen-bond donors (Lipinski definition) is 1. The maximum absolute atomic E-state index is 12.5. The summed E-state index contributed by atoms with van der Waals surface area (Å²) < 4.78 is 34.6. The van der Waals surface area contributed by atoms with Crippen molar-refractivity contribution in [3.05, 3.63) is 42.0 Å². The van der Waals surface area contributed by atoms with Gasteiger partial charge in [-0.3, -0.25) is 0 Å². The van der Waals surface area contributed by atoms with E-state index in [1.807, 2.05) is 0 Å². The molecular formula is C16H21F2NO3. The van der Waals surface area contributed by atoms with E-state index in [0.29, 0.717) is 12.0 Å². The summed E-state index contributed by atoms with van der Waals surface area (Å²) in [6.45, 7) is 5.95. The molecule has 0 spiro atoms. The molecule has 1 amide bonds. The number of alkyl halides is 2. The van der Waals surface area contributed by atoms with Crippen LogP contribution in [0.25, 0.3) is 0 Å². The summed E-state index contributed by atoms with van der Waals surface area (Å²) >= 11 is 0. The normalized spacial score (nSPS) is 11.2. The predicted molar refractivity (Wildman–Crippen MR) is 80.0 cm³/mol. The molecule has 0 unspecified atom stereocenters. The minimum absolute atomic E-state index is 0.0288. The molecule has 0 aliphatic rings. The molecular weight excluding hydrogens is 292 g/mol. The third-order valence-electron chi connectivity index (χ3n) is 2.62. The van der Waals surface area contributed by atoms with E-state index in [0.717, 1.165) is 5.56 Å². The Balaban J connectivity index is 2.90. The first-order valence-electron chi connectivity index (χ1n) is 6.86. The number of halogens is 2. The van der Waals surface area contributed by atoms with Crippen LogP contribution < -0.4 is 10.1 Å². The fraction of sp³-hybridized carbons (Fsp3) is 0.438. The molecule has 0 aromatic heterocycles. The van der Waals surface area contributed by atoms with E-state index in [-0.39, 0.29) is 12.3 Å². The number of nitrogens with one attached hydrogen (secondary N) is 1. The van der Waals surface area contributed by atoms with Crippen molar-refractivity contribution in [2.45, 2.75) is 45.9 Å². The van der Waals surface area contributed by atoms with Gasteiger partial charge < -0.3 is 14.8 Å². The van der Waals surface area contributed by atoms with Gasteiger partial charge >= 0.3 is 12.7 Å². The quantitative estimate of drug-likeness (QED) is 0.806. The first kappa shape index (κ1) is 17.9. The summed E-state index contributed by atoms with van der Waals surface area (Å²) in [5.41, 5.74) is 0.602. The highest BCUT2D eigenvalue weighted by Crippen LogP contribution is 2.25. The molecule has 0 aliphatic heterocycles. The third-order valence-corrected chi connectivity index (χ3v) is 2.62. The molecule has 6 heteroatoms. The lowest BCUT2D eigenvalue weighted by Crippen LogP contribution is -2.32. The third kappa shape index (κ3) is 6.11. The van der Waals surface area contributed by atoms with Gasteiger partial charge in [-0.25, -0.2) is 4.79 Å². The van der Waals surface area contributed by atoms with Crippen LogP contribution in [0.15, 0.2) is 30.9 Å². The second kappa shape index (κ2) is 7.77. The zero-order valence-electron chi connectivity index (χ0n) is 13.0. The number of rotatable bonds is 6. The highest BCUT2D eigenvalue weighted by Gasteiger charge is 2.18. The number of hydrogen-bond acceptors (Lipinski definition) is 3. The standard InChI is InChI=1S/C16H21F2NO3/c1-5-7-11-8-6-9-13(21-14(17)18)12(11)10-19-15(20)22-16(2,3)4/h5-6,8-9,14H,1,7,10H2,2-4H3,(H,19,20). The molecule has 0 saturated carbocycles. The van der Waals surface area contributed by atoms with E-state index in [1.54, 1.807) is 39.0 Å². The minimum atomic E-state index is -2.93. The number of ether oxygens (including phenoxy) is 2. The second-order valence-electron chi connectivity index (χ2n) is 5.62. The molecule has 0 aliphatic carbocycles. The van der Waals surface area contributed by atoms with E-state index in [4.69, 9.17) is 4.74 Å². The lowest BCUT2D eigenvalue weighted by atomic mass is 10.0. The van der Waals surface area contributed by atoms with Gasteiger partial charge in [-0.05, 0) is 38.8 Å². The lowest BCUT2D eigenvalue weighted by Gasteiger charge is -2.20. The smallest absolute Gasteiger partial charge is 0.407 e. The number of alkyl carbamates (subject to hydrolysis) is 1. The average Bonchev–Trinajstić information content (AvgIpc) is 2.35. The van der Waals surface area contributed by atoms with Crippen molar-refractivity contribution in [1.82, 2.24) is 5.32 Å². The summed E-state index contributed by atoms with van der Waals surface area (Å²) in [6.07, 6.45) is 1.51. The van der Waals surface area contributed by atoms with E-state index >= 15 is 0 Å². The highest BCUT2D eigenvalue weighted by atomic mass is 19.3. The first-order chi connectivity index (χ1) is 10.2. The fourth-order valence-corrected chi connectivity index (χ4v) is 1.84. The number of amides is 1. The number of allylic oxidation sites excluding steroid dienone is 1. The summed E-state index contributed by atoms with van der Waals surface area (Å²) in [5.74, 6) is 0.0328. The van der Waals surface area contributed by atoms with Gasteiger partial charge in [0.25, 0.3) is 0 Å². The average molecular weight is 313 g/mol. The highest BCUT2D eigenvalue weighted by molar-refractivity contribution is 5.68. The Morgan fingerprint density at radius 2 is 2.09 bits per heavy atom. The monoisotopic (exact) mass is 313 g/mol. The molecule has 1 rings (SSSR count). The van der Waals surface area contributed by atoms with Crippen LogP contribution in [-0.4, -0.2) is 18.3 Å². The van der Waals surface area contributed by atoms with Gasteiger partial charge in [0, 0.05) is 5.56 Å². The van der Waals surface area contributed by atoms with Crippen LogP contribution in [-0.2, 0) is 17.7 Å². The topological polar surface area (TPSA) is 47.6 Å². The molecule has 1 N–H and O–H groups in total. The molecule has 0 atom stereocenters. The van der Waals surface area contributed by atoms with Crippen molar-refractivity contribution in [3.8, 4) is 5.75 Å². The molecule has 122 valence electrons. The Labute approximate surface area is 129 Å². The largest absolute Gasteiger partial charge is 0.444 e. The van der Waals surface area contributed by atoms with Crippen LogP contribution >= 0.6 is 0 Å². The number of carbonyl (C=O) groups is 1. The molecule has 0 heterocycles. The first-order valence-corrected chi connectivity index (χ1v) is 6.86. The van der Waals surface area contributed by atoms with Gasteiger partial charge in [-0.15, -0.1) is 6.58 Å². The zero-order valence-corrected chi connectivity index (χ0v) is 13.0. The number of carbonyl (C=O) groups excluding carboxylic acids is 1. The van der Waals surface area contributed by atoms with E-state index in [2.05, 4.69) is 16.6 Å². The maximum Gasteiger partial charge on any atom is 0.407 e. The lowest BCUT2D eigenvalue weighted by molar-refractivity contribution is -0.0505. The van der Waals surface area contributed by atoms with Crippen molar-refractivity contribution >= 4 is 6.09 Å². The number of benzene rings is 1. The van der Waals surface area contributed by atoms with Gasteiger partial charge in [0.2, 0.25) is 0 Å². The Morgan fingerprint density at radius 3 is 2.64 bits per heavy atom. The van der Waals surface area contributed by atoms with Crippen LogP contribution in [0.1, 0.15) is 31.9 Å². The van der Waals surface area contributed by atoms with Crippen LogP contribution in [0.3, 0.4) is 0 Å². The van der Waals surface area contributed by atoms with Crippen molar-refractivity contribution in [2.75, 3.05) is 0 Å². The fourth-order valence-electron chi connectivity index (χ4n) is 1.84. The van der Waals surface area contributed by atoms with Gasteiger partial charge in [0.05, 0.1) is 6.54 Å². The molecule has 0 radical (unpaired) electrons. The van der Waals surface area contributed by atoms with Crippen LogP contribution in [0.5, 0.6) is 5.75 Å². The zero-order chi connectivity index (χ0) is 16.8.